The number of nitrogens with zero attached hydrogens (tertiary/aromatic N) is 4. The van der Waals surface area contributed by atoms with Gasteiger partial charge in [0.05, 0.1) is 24.2 Å². The molecule has 8 heteroatoms. The Kier molecular flexibility index (Phi) is 9.32. The fourth-order valence-electron chi connectivity index (χ4n) is 3.78. The monoisotopic (exact) mass is 459 g/mol. The van der Waals surface area contributed by atoms with Gasteiger partial charge in [-0.3, -0.25) is 4.79 Å². The minimum Gasteiger partial charge on any atom is -0.497 e. The normalized spacial score (nSPS) is 14.9. The van der Waals surface area contributed by atoms with Crippen LogP contribution in [-0.4, -0.2) is 46.7 Å². The van der Waals surface area contributed by atoms with Gasteiger partial charge in [0, 0.05) is 37.7 Å². The van der Waals surface area contributed by atoms with E-state index in [4.69, 9.17) is 21.3 Å². The summed E-state index contributed by atoms with van der Waals surface area (Å²) in [5.74, 6) is 0.784. The van der Waals surface area contributed by atoms with Gasteiger partial charge in [-0.05, 0) is 37.6 Å². The van der Waals surface area contributed by atoms with Crippen LogP contribution in [0.1, 0.15) is 46.7 Å². The number of carbonyl (C=O) groups is 1. The first-order chi connectivity index (χ1) is 15.5. The van der Waals surface area contributed by atoms with Gasteiger partial charge in [-0.2, -0.15) is 5.10 Å². The quantitative estimate of drug-likeness (QED) is 0.585. The zero-order valence-electron chi connectivity index (χ0n) is 20.1. The molecule has 1 unspecified atom stereocenters. The van der Waals surface area contributed by atoms with Gasteiger partial charge in [-0.15, -0.1) is 0 Å². The number of amides is 1. The van der Waals surface area contributed by atoms with Crippen molar-refractivity contribution >= 4 is 28.8 Å². The molecule has 0 aliphatic carbocycles. The average Bonchev–Trinajstić information content (AvgIpc) is 3.39. The van der Waals surface area contributed by atoms with E-state index in [0.29, 0.717) is 5.15 Å². The van der Waals surface area contributed by atoms with Gasteiger partial charge in [-0.1, -0.05) is 39.3 Å². The van der Waals surface area contributed by atoms with Gasteiger partial charge < -0.3 is 15.0 Å². The second kappa shape index (κ2) is 11.7. The van der Waals surface area contributed by atoms with Crippen LogP contribution in [0.5, 0.6) is 5.75 Å². The Morgan fingerprint density at radius 2 is 1.84 bits per heavy atom. The summed E-state index contributed by atoms with van der Waals surface area (Å²) in [6.07, 6.45) is 0.886. The maximum atomic E-state index is 11.4. The lowest BCUT2D eigenvalue weighted by Gasteiger charge is -2.19. The van der Waals surface area contributed by atoms with Crippen molar-refractivity contribution in [2.75, 3.05) is 25.1 Å². The van der Waals surface area contributed by atoms with Crippen LogP contribution < -0.4 is 15.0 Å². The van der Waals surface area contributed by atoms with Gasteiger partial charge in [0.15, 0.2) is 10.8 Å². The molecule has 32 heavy (non-hydrogen) atoms. The number of carbonyl (C=O) groups excluding carboxylic acids is 1. The lowest BCUT2D eigenvalue weighted by molar-refractivity contribution is -0.119. The summed E-state index contributed by atoms with van der Waals surface area (Å²) in [5.41, 5.74) is 4.45. The third kappa shape index (κ3) is 5.51. The minimum atomic E-state index is -0.0109. The van der Waals surface area contributed by atoms with E-state index in [1.165, 1.54) is 0 Å². The fourth-order valence-corrected chi connectivity index (χ4v) is 3.96. The maximum Gasteiger partial charge on any atom is 0.217 e. The lowest BCUT2D eigenvalue weighted by atomic mass is 10.1. The van der Waals surface area contributed by atoms with E-state index in [1.807, 2.05) is 65.0 Å². The van der Waals surface area contributed by atoms with Crippen molar-refractivity contribution < 1.29 is 9.53 Å². The first-order valence-electron chi connectivity index (χ1n) is 11.2. The number of ether oxygens (including phenoxy) is 1. The minimum absolute atomic E-state index is 0.0109. The molecule has 4 rings (SSSR count). The molecule has 1 amide bonds. The average molecular weight is 460 g/mol. The topological polar surface area (TPSA) is 71.8 Å². The van der Waals surface area contributed by atoms with Gasteiger partial charge in [0.25, 0.3) is 0 Å². The van der Waals surface area contributed by atoms with Crippen molar-refractivity contribution in [1.82, 2.24) is 19.9 Å². The molecule has 1 atom stereocenters. The zero-order chi connectivity index (χ0) is 23.8. The van der Waals surface area contributed by atoms with Crippen LogP contribution in [0.3, 0.4) is 0 Å². The number of nitrogens with one attached hydrogen (secondary N) is 1. The predicted molar refractivity (Wildman–Crippen MR) is 132 cm³/mol. The Hall–Kier alpha value is -2.80. The van der Waals surface area contributed by atoms with Crippen LogP contribution in [0.15, 0.2) is 30.3 Å². The summed E-state index contributed by atoms with van der Waals surface area (Å²) < 4.78 is 7.06. The van der Waals surface area contributed by atoms with Gasteiger partial charge in [-0.25, -0.2) is 9.50 Å². The van der Waals surface area contributed by atoms with Crippen molar-refractivity contribution in [1.29, 1.82) is 0 Å². The molecule has 0 bridgehead atoms. The van der Waals surface area contributed by atoms with Crippen molar-refractivity contribution in [3.8, 4) is 17.0 Å². The molecule has 0 spiro atoms. The summed E-state index contributed by atoms with van der Waals surface area (Å²) in [5, 5.41) is 7.90. The third-order valence-electron chi connectivity index (χ3n) is 5.01. The molecular weight excluding hydrogens is 426 g/mol. The molecule has 7 nitrogen and oxygen atoms in total. The molecule has 1 aliphatic heterocycles. The van der Waals surface area contributed by atoms with Crippen LogP contribution in [-0.2, 0) is 4.79 Å². The number of hydrogen-bond acceptors (Lipinski definition) is 5. The van der Waals surface area contributed by atoms with E-state index in [1.54, 1.807) is 18.5 Å². The third-order valence-corrected chi connectivity index (χ3v) is 5.19. The maximum absolute atomic E-state index is 11.4. The number of anilines is 1. The largest absolute Gasteiger partial charge is 0.497 e. The Labute approximate surface area is 195 Å². The number of benzene rings is 1. The summed E-state index contributed by atoms with van der Waals surface area (Å²) in [4.78, 5) is 18.4. The molecule has 174 valence electrons. The van der Waals surface area contributed by atoms with Crippen LogP contribution >= 0.6 is 11.6 Å². The van der Waals surface area contributed by atoms with E-state index < -0.39 is 0 Å². The lowest BCUT2D eigenvalue weighted by Crippen LogP contribution is -2.35. The van der Waals surface area contributed by atoms with Crippen LogP contribution in [0.2, 0.25) is 5.15 Å². The van der Waals surface area contributed by atoms with Crippen LogP contribution in [0, 0.1) is 6.92 Å². The fraction of sp³-hybridized carbons (Fsp3) is 0.458. The van der Waals surface area contributed by atoms with E-state index in [-0.39, 0.29) is 11.9 Å². The van der Waals surface area contributed by atoms with Gasteiger partial charge >= 0.3 is 0 Å². The molecule has 1 fully saturated rings. The molecule has 1 N–H and O–H groups in total. The highest BCUT2D eigenvalue weighted by Crippen LogP contribution is 2.32. The summed E-state index contributed by atoms with van der Waals surface area (Å²) in [6, 6.07) is 9.77. The summed E-state index contributed by atoms with van der Waals surface area (Å²) in [6.45, 7) is 13.1. The second-order valence-corrected chi connectivity index (χ2v) is 7.38. The standard InChI is InChI=1S/C20H22ClN5O2.2C2H6/c1-12-19(14-4-6-16(28-3)7-5-14)26-20(22-12)17(10-18(21)24-26)25-9-8-15(11-25)23-13(2)27;2*1-2/h4-7,10,15H,8-9,11H2,1-3H3,(H,23,27);2*1-2H3. The summed E-state index contributed by atoms with van der Waals surface area (Å²) >= 11 is 6.36. The highest BCUT2D eigenvalue weighted by Gasteiger charge is 2.27. The Morgan fingerprint density at radius 3 is 2.44 bits per heavy atom. The van der Waals surface area contributed by atoms with Crippen LogP contribution in [0.25, 0.3) is 16.9 Å². The Balaban J connectivity index is 0.000000860. The number of aromatic nitrogens is 3. The van der Waals surface area contributed by atoms with E-state index in [9.17, 15) is 4.79 Å². The highest BCUT2D eigenvalue weighted by atomic mass is 35.5. The van der Waals surface area contributed by atoms with Crippen LogP contribution in [0.4, 0.5) is 5.69 Å². The smallest absolute Gasteiger partial charge is 0.217 e. The second-order valence-electron chi connectivity index (χ2n) is 6.99. The number of methoxy groups -OCH3 is 1. The molecule has 0 radical (unpaired) electrons. The van der Waals surface area contributed by atoms with Crippen molar-refractivity contribution in [2.24, 2.45) is 0 Å². The number of aryl methyl sites for hydroxylation is 1. The predicted octanol–water partition coefficient (Wildman–Crippen LogP) is 5.13. The SMILES string of the molecule is CC.CC.COc1ccc(-c2c(C)nc3c(N4CCC(NC(C)=O)C4)cc(Cl)nn23)cc1. The first-order valence-corrected chi connectivity index (χ1v) is 11.6. The van der Waals surface area contributed by atoms with E-state index >= 15 is 0 Å². The molecule has 3 aromatic rings. The molecule has 1 aliphatic rings. The van der Waals surface area contributed by atoms with Gasteiger partial charge in [0.1, 0.15) is 5.75 Å². The molecule has 1 saturated heterocycles. The number of fused-ring (bicyclic) bond motifs is 1. The molecule has 0 saturated carbocycles. The number of rotatable bonds is 4. The first kappa shape index (κ1) is 25.5. The van der Waals surface area contributed by atoms with Crippen molar-refractivity contribution in [2.45, 2.75) is 54.0 Å². The van der Waals surface area contributed by atoms with Crippen molar-refractivity contribution in [3.63, 3.8) is 0 Å². The summed E-state index contributed by atoms with van der Waals surface area (Å²) in [7, 11) is 1.65. The Morgan fingerprint density at radius 1 is 1.19 bits per heavy atom. The number of imidazole rings is 1. The van der Waals surface area contributed by atoms with Gasteiger partial charge in [0.2, 0.25) is 5.91 Å². The number of hydrogen-bond donors (Lipinski definition) is 1. The highest BCUT2D eigenvalue weighted by molar-refractivity contribution is 6.29. The van der Waals surface area contributed by atoms with E-state index in [2.05, 4.69) is 15.3 Å². The number of halogens is 1. The van der Waals surface area contributed by atoms with Crippen molar-refractivity contribution in [3.05, 3.63) is 41.2 Å². The Bertz CT molecular complexity index is 1030. The molecule has 3 heterocycles. The molecule has 1 aromatic carbocycles. The molecule has 2 aromatic heterocycles. The van der Waals surface area contributed by atoms with E-state index in [0.717, 1.165) is 53.5 Å². The molecular formula is C24H34ClN5O2. The zero-order valence-corrected chi connectivity index (χ0v) is 20.8.